The topological polar surface area (TPSA) is 16.4 Å². The van der Waals surface area contributed by atoms with Gasteiger partial charge in [0.15, 0.2) is 0 Å². The van der Waals surface area contributed by atoms with Crippen molar-refractivity contribution in [2.45, 2.75) is 0 Å². The van der Waals surface area contributed by atoms with E-state index in [1.54, 1.807) is 0 Å². The molecule has 0 aliphatic rings. The Bertz CT molecular complexity index is 3330. The highest BCUT2D eigenvalue weighted by molar-refractivity contribution is 6.02. The summed E-state index contributed by atoms with van der Waals surface area (Å²) in [6, 6.07) is 93.0. The van der Waals surface area contributed by atoms with Crippen LogP contribution in [0.1, 0.15) is 0 Å². The van der Waals surface area contributed by atoms with E-state index < -0.39 is 0 Å². The Morgan fingerprint density at radius 2 is 0.656 bits per heavy atom. The molecule has 10 aromatic carbocycles. The van der Waals surface area contributed by atoms with Gasteiger partial charge >= 0.3 is 0 Å². The van der Waals surface area contributed by atoms with E-state index in [0.29, 0.717) is 0 Å². The number of hydrogen-bond acceptors (Lipinski definition) is 2. The van der Waals surface area contributed by atoms with Crippen molar-refractivity contribution in [3.63, 3.8) is 0 Å². The Labute approximate surface area is 374 Å². The molecule has 11 aromatic rings. The van der Waals surface area contributed by atoms with E-state index in [9.17, 15) is 0 Å². The van der Waals surface area contributed by atoms with Gasteiger partial charge in [-0.3, -0.25) is 0 Å². The van der Waals surface area contributed by atoms with E-state index in [0.717, 1.165) is 72.7 Å². The molecule has 0 amide bonds. The van der Waals surface area contributed by atoms with Gasteiger partial charge in [0.1, 0.15) is 11.3 Å². The van der Waals surface area contributed by atoms with Gasteiger partial charge in [0, 0.05) is 33.5 Å². The van der Waals surface area contributed by atoms with Crippen molar-refractivity contribution in [1.82, 2.24) is 0 Å². The predicted molar refractivity (Wildman–Crippen MR) is 269 cm³/mol. The van der Waals surface area contributed by atoms with Crippen molar-refractivity contribution < 1.29 is 4.42 Å². The summed E-state index contributed by atoms with van der Waals surface area (Å²) in [6.07, 6.45) is 0. The van der Waals surface area contributed by atoms with E-state index in [1.165, 1.54) is 33.4 Å². The van der Waals surface area contributed by atoms with Crippen LogP contribution in [0.3, 0.4) is 0 Å². The van der Waals surface area contributed by atoms with E-state index in [-0.39, 0.29) is 0 Å². The van der Waals surface area contributed by atoms with Crippen LogP contribution in [0.5, 0.6) is 0 Å². The number of nitrogens with zero attached hydrogens (tertiary/aromatic N) is 1. The number of furan rings is 1. The number of para-hydroxylation sites is 2. The summed E-state index contributed by atoms with van der Waals surface area (Å²) < 4.78 is 6.56. The van der Waals surface area contributed by atoms with Gasteiger partial charge in [0.2, 0.25) is 0 Å². The highest BCUT2D eigenvalue weighted by Gasteiger charge is 2.19. The van der Waals surface area contributed by atoms with Crippen molar-refractivity contribution >= 4 is 28.0 Å². The summed E-state index contributed by atoms with van der Waals surface area (Å²) in [7, 11) is 0. The van der Waals surface area contributed by atoms with Crippen LogP contribution in [0.2, 0.25) is 0 Å². The van der Waals surface area contributed by atoms with Crippen LogP contribution >= 0.6 is 0 Å². The Hall–Kier alpha value is -8.46. The SMILES string of the molecule is c1ccc(-c2cccc(-c3ccc(N(c4ccc(-c5ccc(-c6cccc(-c7oc8ccccc8c7-c7ccccc7)c6)cc5)cc4)c4ccccc4-c4ccccc4)cc3)c2)cc1. The summed E-state index contributed by atoms with van der Waals surface area (Å²) in [5, 5.41) is 1.12. The van der Waals surface area contributed by atoms with Crippen molar-refractivity contribution in [1.29, 1.82) is 0 Å². The molecule has 1 heterocycles. The van der Waals surface area contributed by atoms with Gasteiger partial charge in [-0.25, -0.2) is 0 Å². The zero-order chi connectivity index (χ0) is 42.7. The van der Waals surface area contributed by atoms with E-state index in [1.807, 2.05) is 12.1 Å². The van der Waals surface area contributed by atoms with Crippen LogP contribution in [0.25, 0.3) is 89.1 Å². The maximum Gasteiger partial charge on any atom is 0.143 e. The first-order chi connectivity index (χ1) is 31.7. The molecule has 0 atom stereocenters. The second-order valence-corrected chi connectivity index (χ2v) is 16.1. The van der Waals surface area contributed by atoms with Gasteiger partial charge in [-0.2, -0.15) is 0 Å². The summed E-state index contributed by atoms with van der Waals surface area (Å²) >= 11 is 0. The van der Waals surface area contributed by atoms with Crippen molar-refractivity contribution in [3.05, 3.63) is 261 Å². The van der Waals surface area contributed by atoms with Crippen LogP contribution in [0.15, 0.2) is 265 Å². The maximum absolute atomic E-state index is 6.56. The number of hydrogen-bond donors (Lipinski definition) is 0. The smallest absolute Gasteiger partial charge is 0.143 e. The first-order valence-electron chi connectivity index (χ1n) is 21.8. The molecule has 64 heavy (non-hydrogen) atoms. The van der Waals surface area contributed by atoms with Gasteiger partial charge in [-0.15, -0.1) is 0 Å². The van der Waals surface area contributed by atoms with E-state index in [4.69, 9.17) is 4.42 Å². The van der Waals surface area contributed by atoms with Gasteiger partial charge in [-0.05, 0) is 104 Å². The molecule has 0 saturated carbocycles. The third-order valence-corrected chi connectivity index (χ3v) is 12.1. The lowest BCUT2D eigenvalue weighted by atomic mass is 9.95. The number of rotatable bonds is 10. The zero-order valence-corrected chi connectivity index (χ0v) is 35.2. The third kappa shape index (κ3) is 7.59. The molecule has 0 fully saturated rings. The van der Waals surface area contributed by atoms with Crippen LogP contribution in [0.4, 0.5) is 17.1 Å². The summed E-state index contributed by atoms with van der Waals surface area (Å²) in [5.74, 6) is 0.885. The Balaban J connectivity index is 0.908. The summed E-state index contributed by atoms with van der Waals surface area (Å²) in [5.41, 5.74) is 19.2. The lowest BCUT2D eigenvalue weighted by Gasteiger charge is -2.28. The van der Waals surface area contributed by atoms with Crippen LogP contribution in [-0.4, -0.2) is 0 Å². The van der Waals surface area contributed by atoms with E-state index >= 15 is 0 Å². The number of benzene rings is 10. The molecule has 2 nitrogen and oxygen atoms in total. The molecular weight excluding hydrogens is 775 g/mol. The molecule has 0 radical (unpaired) electrons. The zero-order valence-electron chi connectivity index (χ0n) is 35.2. The van der Waals surface area contributed by atoms with Gasteiger partial charge in [0.05, 0.1) is 5.69 Å². The third-order valence-electron chi connectivity index (χ3n) is 12.1. The van der Waals surface area contributed by atoms with Crippen molar-refractivity contribution in [3.8, 4) is 78.1 Å². The van der Waals surface area contributed by atoms with Crippen LogP contribution < -0.4 is 4.90 Å². The fourth-order valence-corrected chi connectivity index (χ4v) is 8.91. The summed E-state index contributed by atoms with van der Waals surface area (Å²) in [4.78, 5) is 2.37. The Morgan fingerprint density at radius 3 is 1.23 bits per heavy atom. The quantitative estimate of drug-likeness (QED) is 0.137. The minimum atomic E-state index is 0.885. The average molecular weight is 818 g/mol. The minimum Gasteiger partial charge on any atom is -0.455 e. The number of fused-ring (bicyclic) bond motifs is 1. The van der Waals surface area contributed by atoms with Crippen molar-refractivity contribution in [2.24, 2.45) is 0 Å². The summed E-state index contributed by atoms with van der Waals surface area (Å²) in [6.45, 7) is 0. The monoisotopic (exact) mass is 817 g/mol. The molecule has 11 rings (SSSR count). The van der Waals surface area contributed by atoms with Gasteiger partial charge in [-0.1, -0.05) is 212 Å². The first-order valence-corrected chi connectivity index (χ1v) is 21.8. The fraction of sp³-hybridized carbons (Fsp3) is 0. The molecule has 0 aliphatic heterocycles. The molecule has 2 heteroatoms. The highest BCUT2D eigenvalue weighted by Crippen LogP contribution is 2.44. The fourth-order valence-electron chi connectivity index (χ4n) is 8.91. The normalized spacial score (nSPS) is 11.1. The molecule has 0 aliphatic carbocycles. The Kier molecular flexibility index (Phi) is 10.3. The number of anilines is 3. The predicted octanol–water partition coefficient (Wildman–Crippen LogP) is 17.6. The standard InChI is InChI=1S/C62H43NO/c1-4-16-44(17-5-1)51-22-14-23-52(42-51)48-36-40-56(41-37-48)63(59-28-12-10-26-57(59)49-18-6-2-7-19-49)55-38-34-46(35-39-55)45-30-32-47(33-31-45)53-24-15-25-54(43-53)62-61(50-20-8-3-9-21-50)58-27-11-13-29-60(58)64-62/h1-43H. The molecule has 0 N–H and O–H groups in total. The first kappa shape index (κ1) is 38.5. The molecule has 0 unspecified atom stereocenters. The molecule has 0 saturated heterocycles. The molecule has 1 aromatic heterocycles. The minimum absolute atomic E-state index is 0.885. The van der Waals surface area contributed by atoms with E-state index in [2.05, 4.69) is 254 Å². The lowest BCUT2D eigenvalue weighted by molar-refractivity contribution is 0.632. The van der Waals surface area contributed by atoms with Gasteiger partial charge in [0.25, 0.3) is 0 Å². The highest BCUT2D eigenvalue weighted by atomic mass is 16.3. The lowest BCUT2D eigenvalue weighted by Crippen LogP contribution is -2.11. The molecule has 0 bridgehead atoms. The van der Waals surface area contributed by atoms with Crippen LogP contribution in [-0.2, 0) is 0 Å². The Morgan fingerprint density at radius 1 is 0.266 bits per heavy atom. The largest absolute Gasteiger partial charge is 0.455 e. The average Bonchev–Trinajstić information content (AvgIpc) is 3.78. The second-order valence-electron chi connectivity index (χ2n) is 16.1. The van der Waals surface area contributed by atoms with Crippen LogP contribution in [0, 0.1) is 0 Å². The molecular formula is C62H43NO. The molecule has 0 spiro atoms. The second kappa shape index (κ2) is 17.1. The molecule has 302 valence electrons. The maximum atomic E-state index is 6.56. The van der Waals surface area contributed by atoms with Gasteiger partial charge < -0.3 is 9.32 Å². The van der Waals surface area contributed by atoms with Crippen molar-refractivity contribution in [2.75, 3.05) is 4.90 Å².